The summed E-state index contributed by atoms with van der Waals surface area (Å²) in [7, 11) is 0. The predicted octanol–water partition coefficient (Wildman–Crippen LogP) is 21.7. The molecule has 0 amide bonds. The third-order valence-corrected chi connectivity index (χ3v) is 20.3. The molecule has 0 fully saturated rings. The van der Waals surface area contributed by atoms with Gasteiger partial charge in [0.05, 0.1) is 5.69 Å². The van der Waals surface area contributed by atoms with Crippen LogP contribution < -0.4 is 20.8 Å². The first kappa shape index (κ1) is 55.4. The summed E-state index contributed by atoms with van der Waals surface area (Å²) < 4.78 is 22.3. The van der Waals surface area contributed by atoms with E-state index in [9.17, 15) is 0 Å². The lowest BCUT2D eigenvalue weighted by atomic mass is 9.45. The number of fused-ring (bicyclic) bond motifs is 14. The lowest BCUT2D eigenvalue weighted by Crippen LogP contribution is -2.61. The highest BCUT2D eigenvalue weighted by Crippen LogP contribution is 2.56. The van der Waals surface area contributed by atoms with E-state index in [2.05, 4.69) is 290 Å². The molecule has 5 heterocycles. The highest BCUT2D eigenvalue weighted by atomic mass is 16.3. The third-order valence-electron chi connectivity index (χ3n) is 20.3. The number of anilines is 5. The van der Waals surface area contributed by atoms with Crippen LogP contribution in [0.4, 0.5) is 28.4 Å². The van der Waals surface area contributed by atoms with Gasteiger partial charge in [-0.2, -0.15) is 0 Å². The summed E-state index contributed by atoms with van der Waals surface area (Å²) in [4.78, 5) is 5.11. The molecule has 0 radical (unpaired) electrons. The first-order valence-electron chi connectivity index (χ1n) is 31.7. The van der Waals surface area contributed by atoms with Gasteiger partial charge in [0.25, 0.3) is 0 Å². The summed E-state index contributed by atoms with van der Waals surface area (Å²) in [6.45, 7) is 36.8. The van der Waals surface area contributed by atoms with Crippen molar-refractivity contribution in [1.82, 2.24) is 0 Å². The zero-order chi connectivity index (χ0) is 60.8. The molecule has 0 saturated carbocycles. The first-order chi connectivity index (χ1) is 41.1. The molecular weight excluding hydrogens is 1060 g/mol. The summed E-state index contributed by atoms with van der Waals surface area (Å²) in [6, 6.07) is 64.9. The van der Waals surface area contributed by atoms with Gasteiger partial charge in [0.2, 0.25) is 0 Å². The number of furan rings is 3. The molecule has 436 valence electrons. The monoisotopic (exact) mass is 1140 g/mol. The van der Waals surface area contributed by atoms with E-state index in [1.165, 1.54) is 50.1 Å². The number of nitrogens with zero attached hydrogens (tertiary/aromatic N) is 2. The van der Waals surface area contributed by atoms with E-state index in [1.807, 2.05) is 0 Å². The summed E-state index contributed by atoms with van der Waals surface area (Å²) in [6.07, 6.45) is 2.22. The molecular formula is C81H81BN2O3. The number of benzene rings is 9. The fourth-order valence-corrected chi connectivity index (χ4v) is 14.9. The van der Waals surface area contributed by atoms with E-state index < -0.39 is 6.85 Å². The lowest BCUT2D eigenvalue weighted by Gasteiger charge is -2.44. The van der Waals surface area contributed by atoms with Crippen LogP contribution >= 0.6 is 0 Å². The Hall–Kier alpha value is -8.22. The van der Waals surface area contributed by atoms with Crippen LogP contribution in [0.5, 0.6) is 0 Å². The van der Waals surface area contributed by atoms with Gasteiger partial charge < -0.3 is 23.0 Å². The maximum Gasteiger partial charge on any atom is 0.376 e. The molecule has 3 aromatic heterocycles. The minimum absolute atomic E-state index is 0.0177. The minimum Gasteiger partial charge on any atom is -0.466 e. The summed E-state index contributed by atoms with van der Waals surface area (Å²) in [5, 5.41) is 5.44. The molecule has 0 unspecified atom stereocenters. The number of para-hydroxylation sites is 1. The molecule has 0 saturated heterocycles. The van der Waals surface area contributed by atoms with Gasteiger partial charge in [0.15, 0.2) is 0 Å². The van der Waals surface area contributed by atoms with Gasteiger partial charge >= 0.3 is 6.85 Å². The van der Waals surface area contributed by atoms with Crippen molar-refractivity contribution in [2.75, 3.05) is 9.71 Å². The molecule has 0 bridgehead atoms. The zero-order valence-electron chi connectivity index (χ0n) is 53.9. The molecule has 6 heteroatoms. The zero-order valence-corrected chi connectivity index (χ0v) is 53.9. The summed E-state index contributed by atoms with van der Waals surface area (Å²) in [5.74, 6) is -0.0206. The van der Waals surface area contributed by atoms with Crippen molar-refractivity contribution in [2.24, 2.45) is 0 Å². The van der Waals surface area contributed by atoms with Crippen molar-refractivity contribution >= 4 is 101 Å². The first-order valence-corrected chi connectivity index (χ1v) is 31.7. The molecule has 12 aromatic rings. The minimum atomic E-state index is -0.408. The Morgan fingerprint density at radius 1 is 0.414 bits per heavy atom. The van der Waals surface area contributed by atoms with Crippen LogP contribution in [0, 0.1) is 0 Å². The highest BCUT2D eigenvalue weighted by molar-refractivity contribution is 6.93. The van der Waals surface area contributed by atoms with E-state index in [1.54, 1.807) is 0 Å². The Balaban J connectivity index is 1.04. The standard InChI is InChI=1S/C81H81BN2O3/c1-76(2,3)50-26-21-47(22-27-50)70(48-23-28-51(29-24-48)77(4,5)6)49-25-38-67-57(41-49)58-42-60-64(46-69(58)85-67)84(55-36-32-53(33-37-55)79(10,11)12)82-72-65(44-59-56-19-17-18-20-66(56)86-74(59)71(60)72)83(54-34-30-52(31-35-54)78(7,8)9)73-61-43-62-63(45-68(61)87-75(73)82)81(15,16)40-39-80(62,13)14/h17-38,41-46,70H,39-40H2,1-16H3. The quantitative estimate of drug-likeness (QED) is 0.127. The van der Waals surface area contributed by atoms with Crippen molar-refractivity contribution in [3.63, 3.8) is 0 Å². The molecule has 1 aliphatic carbocycles. The van der Waals surface area contributed by atoms with Crippen molar-refractivity contribution in [1.29, 1.82) is 0 Å². The maximum atomic E-state index is 7.77. The van der Waals surface area contributed by atoms with Crippen molar-refractivity contribution in [3.8, 4) is 11.1 Å². The van der Waals surface area contributed by atoms with Gasteiger partial charge in [0, 0.05) is 72.8 Å². The number of hydrogen-bond acceptors (Lipinski definition) is 5. The van der Waals surface area contributed by atoms with Crippen LogP contribution in [0.1, 0.15) is 180 Å². The van der Waals surface area contributed by atoms with E-state index in [-0.39, 0.29) is 38.4 Å². The van der Waals surface area contributed by atoms with Gasteiger partial charge in [-0.1, -0.05) is 208 Å². The molecule has 0 N–H and O–H groups in total. The Morgan fingerprint density at radius 2 is 0.908 bits per heavy atom. The second-order valence-corrected chi connectivity index (χ2v) is 31.2. The average molecular weight is 1140 g/mol. The second-order valence-electron chi connectivity index (χ2n) is 31.2. The second kappa shape index (κ2) is 18.7. The van der Waals surface area contributed by atoms with Gasteiger partial charge in [-0.15, -0.1) is 0 Å². The normalized spacial score (nSPS) is 15.7. The molecule has 9 aromatic carbocycles. The van der Waals surface area contributed by atoms with Gasteiger partial charge in [-0.3, -0.25) is 0 Å². The Labute approximate surface area is 514 Å². The maximum absolute atomic E-state index is 7.77. The van der Waals surface area contributed by atoms with Crippen molar-refractivity contribution < 1.29 is 13.3 Å². The largest absolute Gasteiger partial charge is 0.466 e. The Kier molecular flexibility index (Phi) is 11.9. The van der Waals surface area contributed by atoms with E-state index in [0.717, 1.165) is 118 Å². The smallest absolute Gasteiger partial charge is 0.376 e. The molecule has 2 aliphatic heterocycles. The van der Waals surface area contributed by atoms with Crippen LogP contribution in [0.2, 0.25) is 0 Å². The van der Waals surface area contributed by atoms with E-state index >= 15 is 0 Å². The third kappa shape index (κ3) is 8.69. The summed E-state index contributed by atoms with van der Waals surface area (Å²) in [5.41, 5.74) is 25.6. The number of hydrogen-bond donors (Lipinski definition) is 0. The van der Waals surface area contributed by atoms with Crippen LogP contribution in [-0.4, -0.2) is 6.85 Å². The fourth-order valence-electron chi connectivity index (χ4n) is 14.9. The van der Waals surface area contributed by atoms with Crippen LogP contribution in [0.3, 0.4) is 0 Å². The molecule has 15 rings (SSSR count). The molecule has 0 atom stereocenters. The molecule has 3 aliphatic rings. The van der Waals surface area contributed by atoms with Crippen LogP contribution in [0.15, 0.2) is 183 Å². The highest BCUT2D eigenvalue weighted by Gasteiger charge is 2.51. The molecule has 0 spiro atoms. The Bertz CT molecular complexity index is 4710. The SMILES string of the molecule is CC(C)(C)c1ccc(C(c2ccc(C(C)(C)C)cc2)c2ccc3oc4cc5c(cc4c3c2)-c2c3c(cc4c2oc2ccccc24)N(c2ccc(C(C)(C)C)cc2)c2c(oc4cc6c(cc24)C(C)(C)CCC6(C)C)B3N5c2ccc(C(C)(C)C)cc2)cc1. The van der Waals surface area contributed by atoms with Gasteiger partial charge in [-0.25, -0.2) is 0 Å². The lowest BCUT2D eigenvalue weighted by molar-refractivity contribution is 0.332. The van der Waals surface area contributed by atoms with E-state index in [4.69, 9.17) is 13.3 Å². The van der Waals surface area contributed by atoms with Gasteiger partial charge in [0.1, 0.15) is 33.6 Å². The fraction of sp³-hybridized carbons (Fsp3) is 0.309. The van der Waals surface area contributed by atoms with E-state index in [0.29, 0.717) is 0 Å². The van der Waals surface area contributed by atoms with Gasteiger partial charge in [-0.05, 0) is 168 Å². The Morgan fingerprint density at radius 3 is 1.48 bits per heavy atom. The average Bonchev–Trinajstić information content (AvgIpc) is 1.64. The number of rotatable bonds is 5. The van der Waals surface area contributed by atoms with Crippen molar-refractivity contribution in [2.45, 2.75) is 162 Å². The predicted molar refractivity (Wildman–Crippen MR) is 368 cm³/mol. The van der Waals surface area contributed by atoms with Crippen LogP contribution in [0.25, 0.3) is 66.0 Å². The molecule has 87 heavy (non-hydrogen) atoms. The van der Waals surface area contributed by atoms with Crippen LogP contribution in [-0.2, 0) is 32.5 Å². The molecule has 5 nitrogen and oxygen atoms in total. The van der Waals surface area contributed by atoms with Crippen molar-refractivity contribution in [3.05, 3.63) is 220 Å². The summed E-state index contributed by atoms with van der Waals surface area (Å²) >= 11 is 0. The topological polar surface area (TPSA) is 45.9 Å².